The summed E-state index contributed by atoms with van der Waals surface area (Å²) in [6.07, 6.45) is 1.39. The zero-order chi connectivity index (χ0) is 17.1. The molecule has 1 aliphatic rings. The molecule has 2 heterocycles. The maximum absolute atomic E-state index is 13.0. The Morgan fingerprint density at radius 2 is 2.33 bits per heavy atom. The monoisotopic (exact) mass is 349 g/mol. The number of pyridine rings is 1. The number of halogens is 1. The van der Waals surface area contributed by atoms with E-state index < -0.39 is 6.79 Å². The molecule has 0 saturated heterocycles. The van der Waals surface area contributed by atoms with Crippen molar-refractivity contribution in [2.24, 2.45) is 0 Å². The van der Waals surface area contributed by atoms with Crippen LogP contribution in [0.4, 0.5) is 11.4 Å². The van der Waals surface area contributed by atoms with Crippen LogP contribution < -0.4 is 15.1 Å². The molecule has 1 aromatic heterocycles. The number of anilines is 2. The summed E-state index contributed by atoms with van der Waals surface area (Å²) in [7, 11) is 0. The normalized spacial score (nSPS) is 13.2. The van der Waals surface area contributed by atoms with Gasteiger partial charge in [0.1, 0.15) is 12.4 Å². The molecule has 0 spiro atoms. The van der Waals surface area contributed by atoms with Gasteiger partial charge in [-0.05, 0) is 30.7 Å². The summed E-state index contributed by atoms with van der Waals surface area (Å²) in [5, 5.41) is 9.13. The fourth-order valence-corrected chi connectivity index (χ4v) is 2.62. The van der Waals surface area contributed by atoms with Gasteiger partial charge in [0.25, 0.3) is 5.91 Å². The van der Waals surface area contributed by atoms with Gasteiger partial charge in [-0.3, -0.25) is 10.3 Å². The number of carbonyl (C=O) groups excluding carboxylic acids is 1. The molecule has 0 unspecified atom stereocenters. The lowest BCUT2D eigenvalue weighted by Crippen LogP contribution is -2.38. The van der Waals surface area contributed by atoms with E-state index in [1.165, 1.54) is 12.3 Å². The third-order valence-corrected chi connectivity index (χ3v) is 3.73. The van der Waals surface area contributed by atoms with Gasteiger partial charge in [0.05, 0.1) is 22.9 Å². The van der Waals surface area contributed by atoms with E-state index >= 15 is 0 Å². The largest absolute Gasteiger partial charge is 0.490 e. The van der Waals surface area contributed by atoms with Crippen LogP contribution in [0.3, 0.4) is 0 Å². The lowest BCUT2D eigenvalue weighted by Gasteiger charge is -2.30. The van der Waals surface area contributed by atoms with E-state index in [0.29, 0.717) is 29.6 Å². The number of aromatic nitrogens is 1. The molecular weight excluding hydrogens is 334 g/mol. The molecule has 1 amide bonds. The van der Waals surface area contributed by atoms with Crippen molar-refractivity contribution < 1.29 is 19.5 Å². The first kappa shape index (κ1) is 16.5. The number of aliphatic hydroxyl groups is 1. The van der Waals surface area contributed by atoms with Gasteiger partial charge in [-0.15, -0.1) is 0 Å². The Kier molecular flexibility index (Phi) is 4.84. The zero-order valence-electron chi connectivity index (χ0n) is 13.0. The average molecular weight is 350 g/mol. The molecule has 8 heteroatoms. The number of nitrogens with one attached hydrogen (secondary N) is 1. The summed E-state index contributed by atoms with van der Waals surface area (Å²) in [5.41, 5.74) is 4.61. The number of aliphatic hydroxyl groups excluding tert-OH is 1. The SMILES string of the molecule is Cc1ccc2c(c1)N(C(=O)c1ncc(Cl)cc1NOCO)CCO2. The number of benzene rings is 1. The number of nitrogens with zero attached hydrogens (tertiary/aromatic N) is 2. The molecule has 0 atom stereocenters. The van der Waals surface area contributed by atoms with Crippen LogP contribution in [0.2, 0.25) is 5.02 Å². The highest BCUT2D eigenvalue weighted by molar-refractivity contribution is 6.31. The molecular formula is C16H16ClN3O4. The van der Waals surface area contributed by atoms with Crippen molar-refractivity contribution in [3.05, 3.63) is 46.7 Å². The fourth-order valence-electron chi connectivity index (χ4n) is 2.46. The van der Waals surface area contributed by atoms with Gasteiger partial charge in [-0.2, -0.15) is 0 Å². The minimum atomic E-state index is -0.556. The molecule has 7 nitrogen and oxygen atoms in total. The van der Waals surface area contributed by atoms with Gasteiger partial charge < -0.3 is 14.7 Å². The lowest BCUT2D eigenvalue weighted by atomic mass is 10.1. The standard InChI is InChI=1S/C16H16ClN3O4/c1-10-2-3-14-13(6-10)20(4-5-23-14)16(22)15-12(19-24-9-21)7-11(17)8-18-15/h2-3,6-8,19,21H,4-5,9H2,1H3. The molecule has 0 radical (unpaired) electrons. The Morgan fingerprint density at radius 3 is 3.12 bits per heavy atom. The average Bonchev–Trinajstić information content (AvgIpc) is 2.59. The van der Waals surface area contributed by atoms with E-state index in [4.69, 9.17) is 26.3 Å². The van der Waals surface area contributed by atoms with Crippen molar-refractivity contribution in [3.8, 4) is 5.75 Å². The van der Waals surface area contributed by atoms with E-state index in [1.807, 2.05) is 25.1 Å². The van der Waals surface area contributed by atoms with Crippen LogP contribution >= 0.6 is 11.6 Å². The van der Waals surface area contributed by atoms with Gasteiger partial charge in [0, 0.05) is 6.20 Å². The number of amides is 1. The number of carbonyl (C=O) groups is 1. The quantitative estimate of drug-likeness (QED) is 0.651. The minimum absolute atomic E-state index is 0.141. The summed E-state index contributed by atoms with van der Waals surface area (Å²) in [6.45, 7) is 2.19. The van der Waals surface area contributed by atoms with Crippen molar-refractivity contribution in [3.63, 3.8) is 0 Å². The molecule has 0 aliphatic carbocycles. The van der Waals surface area contributed by atoms with Crippen molar-refractivity contribution in [2.75, 3.05) is 30.3 Å². The number of ether oxygens (including phenoxy) is 1. The molecule has 0 fully saturated rings. The van der Waals surface area contributed by atoms with Crippen LogP contribution in [0, 0.1) is 6.92 Å². The van der Waals surface area contributed by atoms with Crippen LogP contribution in [-0.4, -0.2) is 35.9 Å². The van der Waals surface area contributed by atoms with Gasteiger partial charge in [0.15, 0.2) is 12.5 Å². The Labute approximate surface area is 143 Å². The van der Waals surface area contributed by atoms with Crippen LogP contribution in [0.5, 0.6) is 5.75 Å². The molecule has 1 aromatic carbocycles. The Bertz CT molecular complexity index is 769. The maximum Gasteiger partial charge on any atom is 0.279 e. The highest BCUT2D eigenvalue weighted by Crippen LogP contribution is 2.34. The number of hydrogen-bond donors (Lipinski definition) is 2. The lowest BCUT2D eigenvalue weighted by molar-refractivity contribution is 0.0306. The molecule has 2 aromatic rings. The number of aryl methyl sites for hydroxylation is 1. The molecule has 0 saturated carbocycles. The third-order valence-electron chi connectivity index (χ3n) is 3.53. The van der Waals surface area contributed by atoms with E-state index in [1.54, 1.807) is 4.90 Å². The van der Waals surface area contributed by atoms with Crippen molar-refractivity contribution in [1.82, 2.24) is 4.98 Å². The van der Waals surface area contributed by atoms with Gasteiger partial charge in [-0.1, -0.05) is 17.7 Å². The van der Waals surface area contributed by atoms with Crippen molar-refractivity contribution >= 4 is 28.9 Å². The summed E-state index contributed by atoms with van der Waals surface area (Å²) in [4.78, 5) is 23.4. The highest BCUT2D eigenvalue weighted by Gasteiger charge is 2.27. The molecule has 126 valence electrons. The first-order valence-electron chi connectivity index (χ1n) is 7.29. The van der Waals surface area contributed by atoms with Crippen LogP contribution in [0.1, 0.15) is 16.1 Å². The predicted octanol–water partition coefficient (Wildman–Crippen LogP) is 2.38. The first-order chi connectivity index (χ1) is 11.6. The summed E-state index contributed by atoms with van der Waals surface area (Å²) in [6, 6.07) is 7.16. The van der Waals surface area contributed by atoms with Crippen molar-refractivity contribution in [1.29, 1.82) is 0 Å². The van der Waals surface area contributed by atoms with Gasteiger partial charge >= 0.3 is 0 Å². The Balaban J connectivity index is 1.97. The Morgan fingerprint density at radius 1 is 1.50 bits per heavy atom. The molecule has 1 aliphatic heterocycles. The highest BCUT2D eigenvalue weighted by atomic mass is 35.5. The fraction of sp³-hybridized carbons (Fsp3) is 0.250. The van der Waals surface area contributed by atoms with E-state index in [9.17, 15) is 4.79 Å². The maximum atomic E-state index is 13.0. The zero-order valence-corrected chi connectivity index (χ0v) is 13.7. The Hall–Kier alpha value is -2.35. The molecule has 24 heavy (non-hydrogen) atoms. The molecule has 0 bridgehead atoms. The summed E-state index contributed by atoms with van der Waals surface area (Å²) >= 11 is 5.92. The van der Waals surface area contributed by atoms with Gasteiger partial charge in [-0.25, -0.2) is 9.82 Å². The summed E-state index contributed by atoms with van der Waals surface area (Å²) < 4.78 is 5.60. The van der Waals surface area contributed by atoms with E-state index in [-0.39, 0.29) is 17.3 Å². The molecule has 3 rings (SSSR count). The second-order valence-electron chi connectivity index (χ2n) is 5.20. The van der Waals surface area contributed by atoms with Gasteiger partial charge in [0.2, 0.25) is 0 Å². The second kappa shape index (κ2) is 7.04. The van der Waals surface area contributed by atoms with Crippen LogP contribution in [0.15, 0.2) is 30.5 Å². The van der Waals surface area contributed by atoms with Crippen LogP contribution in [0.25, 0.3) is 0 Å². The topological polar surface area (TPSA) is 83.9 Å². The molecule has 2 N–H and O–H groups in total. The minimum Gasteiger partial charge on any atom is -0.490 e. The predicted molar refractivity (Wildman–Crippen MR) is 89.4 cm³/mol. The summed E-state index contributed by atoms with van der Waals surface area (Å²) in [5.74, 6) is 0.334. The smallest absolute Gasteiger partial charge is 0.279 e. The number of rotatable bonds is 4. The van der Waals surface area contributed by atoms with Crippen molar-refractivity contribution in [2.45, 2.75) is 6.92 Å². The number of fused-ring (bicyclic) bond motifs is 1. The number of hydrogen-bond acceptors (Lipinski definition) is 6. The van der Waals surface area contributed by atoms with E-state index in [2.05, 4.69) is 10.5 Å². The van der Waals surface area contributed by atoms with Crippen LogP contribution in [-0.2, 0) is 4.84 Å². The second-order valence-corrected chi connectivity index (χ2v) is 5.64. The van der Waals surface area contributed by atoms with E-state index in [0.717, 1.165) is 5.56 Å². The third kappa shape index (κ3) is 3.28. The first-order valence-corrected chi connectivity index (χ1v) is 7.67.